The monoisotopic (exact) mass is 187 g/mol. The molecule has 1 N–H and O–H groups in total. The van der Waals surface area contributed by atoms with Crippen LogP contribution in [0.25, 0.3) is 0 Å². The van der Waals surface area contributed by atoms with Crippen LogP contribution in [0, 0.1) is 25.7 Å². The van der Waals surface area contributed by atoms with Crippen LogP contribution in [0.2, 0.25) is 0 Å². The Morgan fingerprint density at radius 1 is 1.29 bits per heavy atom. The van der Waals surface area contributed by atoms with E-state index in [0.717, 1.165) is 13.0 Å². The number of rotatable bonds is 3. The number of nitrogens with one attached hydrogen (secondary N) is 1. The molecule has 14 heavy (non-hydrogen) atoms. The summed E-state index contributed by atoms with van der Waals surface area (Å²) in [6.07, 6.45) is 0.907. The standard InChI is InChI=1S/C13H17N/c1-4-5-6-9-14-13-10-11(2)7-8-12(13)3/h7-8,10,14H,6,9H2,1-3H3. The van der Waals surface area contributed by atoms with Crippen molar-refractivity contribution in [1.29, 1.82) is 0 Å². The summed E-state index contributed by atoms with van der Waals surface area (Å²) in [5, 5.41) is 3.39. The zero-order valence-electron chi connectivity index (χ0n) is 9.15. The van der Waals surface area contributed by atoms with Crippen molar-refractivity contribution in [3.63, 3.8) is 0 Å². The average molecular weight is 187 g/mol. The molecule has 0 spiro atoms. The molecular weight excluding hydrogens is 170 g/mol. The quantitative estimate of drug-likeness (QED) is 0.566. The fourth-order valence-electron chi connectivity index (χ4n) is 1.31. The summed E-state index contributed by atoms with van der Waals surface area (Å²) in [4.78, 5) is 0. The van der Waals surface area contributed by atoms with E-state index in [1.165, 1.54) is 16.8 Å². The Bertz CT molecular complexity index is 355. The molecule has 0 aromatic heterocycles. The van der Waals surface area contributed by atoms with Crippen LogP contribution in [-0.4, -0.2) is 6.54 Å². The van der Waals surface area contributed by atoms with Gasteiger partial charge in [-0.2, -0.15) is 0 Å². The predicted octanol–water partition coefficient (Wildman–Crippen LogP) is 3.13. The van der Waals surface area contributed by atoms with E-state index in [2.05, 4.69) is 49.2 Å². The maximum atomic E-state index is 3.39. The number of benzene rings is 1. The van der Waals surface area contributed by atoms with Crippen molar-refractivity contribution in [2.75, 3.05) is 11.9 Å². The van der Waals surface area contributed by atoms with Gasteiger partial charge in [0.1, 0.15) is 0 Å². The fourth-order valence-corrected chi connectivity index (χ4v) is 1.31. The molecule has 1 heteroatoms. The molecule has 0 aliphatic rings. The Labute approximate surface area is 86.5 Å². The maximum absolute atomic E-state index is 3.39. The normalized spacial score (nSPS) is 9.07. The van der Waals surface area contributed by atoms with Crippen molar-refractivity contribution >= 4 is 5.69 Å². The molecule has 0 aliphatic heterocycles. The Balaban J connectivity index is 2.56. The van der Waals surface area contributed by atoms with Crippen molar-refractivity contribution in [1.82, 2.24) is 0 Å². The minimum atomic E-state index is 0.907. The van der Waals surface area contributed by atoms with E-state index < -0.39 is 0 Å². The first kappa shape index (κ1) is 10.7. The van der Waals surface area contributed by atoms with Gasteiger partial charge in [-0.25, -0.2) is 0 Å². The molecule has 0 amide bonds. The lowest BCUT2D eigenvalue weighted by molar-refractivity contribution is 1.09. The molecule has 0 saturated carbocycles. The van der Waals surface area contributed by atoms with Gasteiger partial charge in [-0.3, -0.25) is 0 Å². The predicted molar refractivity (Wildman–Crippen MR) is 62.5 cm³/mol. The van der Waals surface area contributed by atoms with Gasteiger partial charge in [0.15, 0.2) is 0 Å². The van der Waals surface area contributed by atoms with E-state index in [-0.39, 0.29) is 0 Å². The molecule has 0 radical (unpaired) electrons. The molecule has 1 aromatic rings. The van der Waals surface area contributed by atoms with E-state index in [9.17, 15) is 0 Å². The SMILES string of the molecule is CC#CCCNc1cc(C)ccc1C. The molecule has 1 aromatic carbocycles. The summed E-state index contributed by atoms with van der Waals surface area (Å²) in [7, 11) is 0. The molecule has 1 rings (SSSR count). The van der Waals surface area contributed by atoms with Crippen LogP contribution in [0.1, 0.15) is 24.5 Å². The minimum Gasteiger partial charge on any atom is -0.384 e. The molecule has 0 aliphatic carbocycles. The van der Waals surface area contributed by atoms with E-state index in [1.54, 1.807) is 0 Å². The first-order chi connectivity index (χ1) is 6.74. The molecule has 0 fully saturated rings. The summed E-state index contributed by atoms with van der Waals surface area (Å²) in [6, 6.07) is 6.45. The van der Waals surface area contributed by atoms with Gasteiger partial charge in [0.05, 0.1) is 0 Å². The molecule has 0 unspecified atom stereocenters. The summed E-state index contributed by atoms with van der Waals surface area (Å²) in [5.41, 5.74) is 3.81. The van der Waals surface area contributed by atoms with E-state index >= 15 is 0 Å². The highest BCUT2D eigenvalue weighted by Gasteiger charge is 1.96. The van der Waals surface area contributed by atoms with E-state index in [1.807, 2.05) is 6.92 Å². The third kappa shape index (κ3) is 3.14. The third-order valence-electron chi connectivity index (χ3n) is 2.14. The van der Waals surface area contributed by atoms with Crippen LogP contribution in [0.5, 0.6) is 0 Å². The topological polar surface area (TPSA) is 12.0 Å². The lowest BCUT2D eigenvalue weighted by atomic mass is 10.1. The Morgan fingerprint density at radius 2 is 2.07 bits per heavy atom. The van der Waals surface area contributed by atoms with Gasteiger partial charge >= 0.3 is 0 Å². The highest BCUT2D eigenvalue weighted by molar-refractivity contribution is 5.52. The summed E-state index contributed by atoms with van der Waals surface area (Å²) in [6.45, 7) is 7.02. The van der Waals surface area contributed by atoms with Crippen LogP contribution in [0.4, 0.5) is 5.69 Å². The molecule has 0 saturated heterocycles. The molecule has 74 valence electrons. The first-order valence-corrected chi connectivity index (χ1v) is 4.95. The van der Waals surface area contributed by atoms with Gasteiger partial charge in [-0.05, 0) is 38.0 Å². The zero-order chi connectivity index (χ0) is 10.4. The van der Waals surface area contributed by atoms with Gasteiger partial charge in [0.2, 0.25) is 0 Å². The number of hydrogen-bond acceptors (Lipinski definition) is 1. The van der Waals surface area contributed by atoms with Crippen molar-refractivity contribution in [3.8, 4) is 11.8 Å². The Morgan fingerprint density at radius 3 is 2.79 bits per heavy atom. The van der Waals surface area contributed by atoms with Crippen LogP contribution < -0.4 is 5.32 Å². The van der Waals surface area contributed by atoms with Gasteiger partial charge in [0.25, 0.3) is 0 Å². The summed E-state index contributed by atoms with van der Waals surface area (Å²) >= 11 is 0. The zero-order valence-corrected chi connectivity index (χ0v) is 9.15. The van der Waals surface area contributed by atoms with Gasteiger partial charge in [-0.1, -0.05) is 12.1 Å². The van der Waals surface area contributed by atoms with E-state index in [4.69, 9.17) is 0 Å². The van der Waals surface area contributed by atoms with Crippen molar-refractivity contribution in [2.45, 2.75) is 27.2 Å². The minimum absolute atomic E-state index is 0.907. The second-order valence-corrected chi connectivity index (χ2v) is 3.42. The Hall–Kier alpha value is -1.42. The number of aryl methyl sites for hydroxylation is 2. The lowest BCUT2D eigenvalue weighted by Crippen LogP contribution is -2.02. The lowest BCUT2D eigenvalue weighted by Gasteiger charge is -2.08. The third-order valence-corrected chi connectivity index (χ3v) is 2.14. The first-order valence-electron chi connectivity index (χ1n) is 4.95. The smallest absolute Gasteiger partial charge is 0.0372 e. The van der Waals surface area contributed by atoms with Gasteiger partial charge < -0.3 is 5.32 Å². The summed E-state index contributed by atoms with van der Waals surface area (Å²) in [5.74, 6) is 5.93. The van der Waals surface area contributed by atoms with Crippen molar-refractivity contribution in [2.24, 2.45) is 0 Å². The number of anilines is 1. The summed E-state index contributed by atoms with van der Waals surface area (Å²) < 4.78 is 0. The maximum Gasteiger partial charge on any atom is 0.0372 e. The van der Waals surface area contributed by atoms with E-state index in [0.29, 0.717) is 0 Å². The van der Waals surface area contributed by atoms with Crippen LogP contribution in [0.3, 0.4) is 0 Å². The van der Waals surface area contributed by atoms with Crippen LogP contribution >= 0.6 is 0 Å². The number of hydrogen-bond donors (Lipinski definition) is 1. The van der Waals surface area contributed by atoms with Gasteiger partial charge in [0, 0.05) is 18.7 Å². The Kier molecular flexibility index (Phi) is 4.07. The fraction of sp³-hybridized carbons (Fsp3) is 0.385. The molecule has 0 heterocycles. The second-order valence-electron chi connectivity index (χ2n) is 3.42. The average Bonchev–Trinajstić information content (AvgIpc) is 2.18. The van der Waals surface area contributed by atoms with Crippen LogP contribution in [0.15, 0.2) is 18.2 Å². The van der Waals surface area contributed by atoms with Crippen LogP contribution in [-0.2, 0) is 0 Å². The molecule has 0 bridgehead atoms. The molecule has 0 atom stereocenters. The van der Waals surface area contributed by atoms with Crippen molar-refractivity contribution < 1.29 is 0 Å². The highest BCUT2D eigenvalue weighted by atomic mass is 14.9. The van der Waals surface area contributed by atoms with Gasteiger partial charge in [-0.15, -0.1) is 11.8 Å². The molecule has 1 nitrogen and oxygen atoms in total. The largest absolute Gasteiger partial charge is 0.384 e. The highest BCUT2D eigenvalue weighted by Crippen LogP contribution is 2.15. The van der Waals surface area contributed by atoms with Crippen molar-refractivity contribution in [3.05, 3.63) is 29.3 Å². The second kappa shape index (κ2) is 5.34. The molecular formula is C13H17N.